The molecule has 2 rings (SSSR count). The summed E-state index contributed by atoms with van der Waals surface area (Å²) in [5, 5.41) is 5.86. The van der Waals surface area contributed by atoms with Gasteiger partial charge in [0.1, 0.15) is 0 Å². The Labute approximate surface area is 132 Å². The van der Waals surface area contributed by atoms with E-state index in [0.717, 1.165) is 31.4 Å². The maximum absolute atomic E-state index is 12.3. The molecule has 1 aromatic rings. The summed E-state index contributed by atoms with van der Waals surface area (Å²) in [6.07, 6.45) is 5.47. The average Bonchev–Trinajstić information content (AvgIpc) is 2.47. The molecule has 22 heavy (non-hydrogen) atoms. The van der Waals surface area contributed by atoms with E-state index in [1.165, 1.54) is 6.42 Å². The van der Waals surface area contributed by atoms with Gasteiger partial charge in [-0.3, -0.25) is 9.59 Å². The van der Waals surface area contributed by atoms with Crippen molar-refractivity contribution < 1.29 is 9.59 Å². The van der Waals surface area contributed by atoms with Gasteiger partial charge in [0.2, 0.25) is 11.8 Å². The van der Waals surface area contributed by atoms with Crippen LogP contribution in [-0.2, 0) is 9.59 Å². The van der Waals surface area contributed by atoms with Crippen LogP contribution in [0.2, 0.25) is 0 Å². The standard InChI is InChI=1S/C18H26N2O2/c1-18(2,3)17(22)20-15-11-7-10-14(12-15)19-16(21)13-8-5-4-6-9-13/h7,10-13H,4-6,8-9H2,1-3H3,(H,19,21)(H,20,22). The van der Waals surface area contributed by atoms with Gasteiger partial charge in [0.25, 0.3) is 0 Å². The summed E-state index contributed by atoms with van der Waals surface area (Å²) in [6.45, 7) is 5.62. The van der Waals surface area contributed by atoms with E-state index in [9.17, 15) is 9.59 Å². The van der Waals surface area contributed by atoms with E-state index < -0.39 is 5.41 Å². The van der Waals surface area contributed by atoms with E-state index in [4.69, 9.17) is 0 Å². The van der Waals surface area contributed by atoms with Crippen LogP contribution in [0.1, 0.15) is 52.9 Å². The first-order chi connectivity index (χ1) is 10.4. The minimum absolute atomic E-state index is 0.0387. The van der Waals surface area contributed by atoms with Gasteiger partial charge >= 0.3 is 0 Å². The van der Waals surface area contributed by atoms with Gasteiger partial charge in [-0.1, -0.05) is 46.1 Å². The van der Waals surface area contributed by atoms with Crippen LogP contribution in [0.15, 0.2) is 24.3 Å². The number of benzene rings is 1. The normalized spacial score (nSPS) is 16.1. The fourth-order valence-electron chi connectivity index (χ4n) is 2.60. The monoisotopic (exact) mass is 302 g/mol. The lowest BCUT2D eigenvalue weighted by Crippen LogP contribution is -2.27. The Morgan fingerprint density at radius 1 is 1.00 bits per heavy atom. The number of anilines is 2. The third-order valence-corrected chi connectivity index (χ3v) is 4.05. The highest BCUT2D eigenvalue weighted by Crippen LogP contribution is 2.26. The highest BCUT2D eigenvalue weighted by molar-refractivity contribution is 5.96. The quantitative estimate of drug-likeness (QED) is 0.879. The van der Waals surface area contributed by atoms with Crippen molar-refractivity contribution in [3.05, 3.63) is 24.3 Å². The first-order valence-electron chi connectivity index (χ1n) is 8.08. The van der Waals surface area contributed by atoms with E-state index in [0.29, 0.717) is 5.69 Å². The SMILES string of the molecule is CC(C)(C)C(=O)Nc1cccc(NC(=O)C2CCCCC2)c1. The molecule has 4 heteroatoms. The van der Waals surface area contributed by atoms with Gasteiger partial charge in [-0.05, 0) is 31.0 Å². The van der Waals surface area contributed by atoms with Gasteiger partial charge in [-0.2, -0.15) is 0 Å². The molecule has 0 aromatic heterocycles. The zero-order valence-corrected chi connectivity index (χ0v) is 13.7. The summed E-state index contributed by atoms with van der Waals surface area (Å²) in [5.41, 5.74) is 1.00. The smallest absolute Gasteiger partial charge is 0.229 e. The van der Waals surface area contributed by atoms with Crippen molar-refractivity contribution in [1.29, 1.82) is 0 Å². The number of hydrogen-bond acceptors (Lipinski definition) is 2. The van der Waals surface area contributed by atoms with Crippen LogP contribution in [0.25, 0.3) is 0 Å². The van der Waals surface area contributed by atoms with Crippen LogP contribution in [0, 0.1) is 11.3 Å². The summed E-state index contributed by atoms with van der Waals surface area (Å²) >= 11 is 0. The molecule has 0 unspecified atom stereocenters. The molecule has 2 amide bonds. The van der Waals surface area contributed by atoms with E-state index in [1.54, 1.807) is 0 Å². The number of carbonyl (C=O) groups is 2. The van der Waals surface area contributed by atoms with E-state index in [-0.39, 0.29) is 17.7 Å². The molecular formula is C18H26N2O2. The van der Waals surface area contributed by atoms with Crippen molar-refractivity contribution in [2.45, 2.75) is 52.9 Å². The maximum atomic E-state index is 12.3. The molecule has 4 nitrogen and oxygen atoms in total. The molecule has 1 fully saturated rings. The second-order valence-electron chi connectivity index (χ2n) is 7.11. The predicted octanol–water partition coefficient (Wildman–Crippen LogP) is 4.19. The topological polar surface area (TPSA) is 58.2 Å². The van der Waals surface area contributed by atoms with Gasteiger partial charge in [-0.15, -0.1) is 0 Å². The van der Waals surface area contributed by atoms with E-state index in [2.05, 4.69) is 10.6 Å². The second-order valence-corrected chi connectivity index (χ2v) is 7.11. The van der Waals surface area contributed by atoms with Crippen molar-refractivity contribution in [1.82, 2.24) is 0 Å². The predicted molar refractivity (Wildman–Crippen MR) is 89.7 cm³/mol. The van der Waals surface area contributed by atoms with Crippen LogP contribution in [0.3, 0.4) is 0 Å². The second kappa shape index (κ2) is 6.95. The van der Waals surface area contributed by atoms with Crippen molar-refractivity contribution >= 4 is 23.2 Å². The molecule has 0 heterocycles. The fourth-order valence-corrected chi connectivity index (χ4v) is 2.60. The van der Waals surface area contributed by atoms with Gasteiger partial charge in [-0.25, -0.2) is 0 Å². The van der Waals surface area contributed by atoms with E-state index in [1.807, 2.05) is 45.0 Å². The molecule has 1 saturated carbocycles. The maximum Gasteiger partial charge on any atom is 0.229 e. The highest BCUT2D eigenvalue weighted by Gasteiger charge is 2.22. The average molecular weight is 302 g/mol. The Balaban J connectivity index is 1.99. The van der Waals surface area contributed by atoms with Crippen LogP contribution in [0.5, 0.6) is 0 Å². The Hall–Kier alpha value is -1.84. The lowest BCUT2D eigenvalue weighted by atomic mass is 9.88. The Morgan fingerprint density at radius 3 is 2.18 bits per heavy atom. The Morgan fingerprint density at radius 2 is 1.59 bits per heavy atom. The lowest BCUT2D eigenvalue weighted by Gasteiger charge is -2.21. The van der Waals surface area contributed by atoms with Gasteiger partial charge < -0.3 is 10.6 Å². The van der Waals surface area contributed by atoms with Crippen LogP contribution in [-0.4, -0.2) is 11.8 Å². The fraction of sp³-hybridized carbons (Fsp3) is 0.556. The first kappa shape index (κ1) is 16.5. The van der Waals surface area contributed by atoms with Gasteiger partial charge in [0.15, 0.2) is 0 Å². The summed E-state index contributed by atoms with van der Waals surface area (Å²) in [6, 6.07) is 7.34. The van der Waals surface area contributed by atoms with Crippen molar-refractivity contribution in [2.75, 3.05) is 10.6 Å². The molecule has 0 spiro atoms. The third kappa shape index (κ3) is 4.58. The minimum atomic E-state index is -0.443. The van der Waals surface area contributed by atoms with Gasteiger partial charge in [0.05, 0.1) is 0 Å². The molecule has 0 bridgehead atoms. The first-order valence-corrected chi connectivity index (χ1v) is 8.08. The van der Waals surface area contributed by atoms with Crippen molar-refractivity contribution in [3.8, 4) is 0 Å². The summed E-state index contributed by atoms with van der Waals surface area (Å²) < 4.78 is 0. The molecule has 0 saturated heterocycles. The Bertz CT molecular complexity index is 540. The molecule has 1 aliphatic carbocycles. The van der Waals surface area contributed by atoms with Gasteiger partial charge in [0, 0.05) is 22.7 Å². The van der Waals surface area contributed by atoms with E-state index >= 15 is 0 Å². The minimum Gasteiger partial charge on any atom is -0.326 e. The molecule has 1 aromatic carbocycles. The van der Waals surface area contributed by atoms with Crippen molar-refractivity contribution in [3.63, 3.8) is 0 Å². The molecule has 2 N–H and O–H groups in total. The summed E-state index contributed by atoms with van der Waals surface area (Å²) in [7, 11) is 0. The molecule has 1 aliphatic rings. The molecule has 0 atom stereocenters. The number of rotatable bonds is 3. The molecular weight excluding hydrogens is 276 g/mol. The van der Waals surface area contributed by atoms with Crippen LogP contribution >= 0.6 is 0 Å². The zero-order chi connectivity index (χ0) is 16.2. The van der Waals surface area contributed by atoms with Crippen molar-refractivity contribution in [2.24, 2.45) is 11.3 Å². The largest absolute Gasteiger partial charge is 0.326 e. The van der Waals surface area contributed by atoms with Crippen LogP contribution in [0.4, 0.5) is 11.4 Å². The number of hydrogen-bond donors (Lipinski definition) is 2. The zero-order valence-electron chi connectivity index (χ0n) is 13.7. The number of amides is 2. The summed E-state index contributed by atoms with van der Waals surface area (Å²) in [4.78, 5) is 24.3. The van der Waals surface area contributed by atoms with Crippen LogP contribution < -0.4 is 10.6 Å². The third-order valence-electron chi connectivity index (χ3n) is 4.05. The molecule has 120 valence electrons. The number of nitrogens with one attached hydrogen (secondary N) is 2. The highest BCUT2D eigenvalue weighted by atomic mass is 16.2. The Kier molecular flexibility index (Phi) is 5.22. The summed E-state index contributed by atoms with van der Waals surface area (Å²) in [5.74, 6) is 0.184. The molecule has 0 aliphatic heterocycles. The lowest BCUT2D eigenvalue weighted by molar-refractivity contribution is -0.123. The number of carbonyl (C=O) groups excluding carboxylic acids is 2. The molecule has 0 radical (unpaired) electrons.